The SMILES string of the molecule is Cc1cc(N(C)CC2CCCN2C)c(C(=N)N)c(C)n1. The van der Waals surface area contributed by atoms with Crippen molar-refractivity contribution < 1.29 is 0 Å². The normalized spacial score (nSPS) is 19.3. The zero-order valence-corrected chi connectivity index (χ0v) is 12.9. The number of rotatable bonds is 4. The topological polar surface area (TPSA) is 69.2 Å². The molecule has 5 heteroatoms. The third kappa shape index (κ3) is 2.93. The first-order chi connectivity index (χ1) is 9.40. The van der Waals surface area contributed by atoms with Crippen molar-refractivity contribution in [1.29, 1.82) is 5.41 Å². The molecule has 0 amide bonds. The highest BCUT2D eigenvalue weighted by molar-refractivity contribution is 6.01. The van der Waals surface area contributed by atoms with Crippen molar-refractivity contribution in [3.8, 4) is 0 Å². The average Bonchev–Trinajstić information content (AvgIpc) is 2.73. The van der Waals surface area contributed by atoms with E-state index in [4.69, 9.17) is 11.1 Å². The van der Waals surface area contributed by atoms with Crippen molar-refractivity contribution in [3.05, 3.63) is 23.0 Å². The molecule has 2 heterocycles. The molecular formula is C15H25N5. The van der Waals surface area contributed by atoms with E-state index in [0.717, 1.165) is 29.2 Å². The van der Waals surface area contributed by atoms with Gasteiger partial charge in [0.15, 0.2) is 0 Å². The number of anilines is 1. The summed E-state index contributed by atoms with van der Waals surface area (Å²) in [4.78, 5) is 9.05. The largest absolute Gasteiger partial charge is 0.384 e. The Morgan fingerprint density at radius 1 is 1.55 bits per heavy atom. The van der Waals surface area contributed by atoms with Crippen LogP contribution < -0.4 is 10.6 Å². The molecule has 1 aromatic rings. The van der Waals surface area contributed by atoms with E-state index < -0.39 is 0 Å². The monoisotopic (exact) mass is 275 g/mol. The van der Waals surface area contributed by atoms with Crippen LogP contribution in [0.25, 0.3) is 0 Å². The molecule has 110 valence electrons. The molecular weight excluding hydrogens is 250 g/mol. The molecule has 1 aromatic heterocycles. The average molecular weight is 275 g/mol. The van der Waals surface area contributed by atoms with E-state index in [-0.39, 0.29) is 5.84 Å². The summed E-state index contributed by atoms with van der Waals surface area (Å²) in [5.41, 5.74) is 9.32. The molecule has 2 rings (SSSR count). The molecule has 0 radical (unpaired) electrons. The lowest BCUT2D eigenvalue weighted by Gasteiger charge is -2.29. The summed E-state index contributed by atoms with van der Waals surface area (Å²) in [6.45, 7) is 6.03. The van der Waals surface area contributed by atoms with Crippen molar-refractivity contribution in [2.45, 2.75) is 32.7 Å². The maximum atomic E-state index is 7.81. The minimum Gasteiger partial charge on any atom is -0.384 e. The fraction of sp³-hybridized carbons (Fsp3) is 0.600. The van der Waals surface area contributed by atoms with Crippen molar-refractivity contribution in [2.24, 2.45) is 5.73 Å². The van der Waals surface area contributed by atoms with E-state index in [0.29, 0.717) is 6.04 Å². The molecule has 0 aromatic carbocycles. The number of hydrogen-bond donors (Lipinski definition) is 2. The molecule has 0 spiro atoms. The minimum atomic E-state index is 0.0941. The van der Waals surface area contributed by atoms with Gasteiger partial charge in [0.05, 0.1) is 16.9 Å². The van der Waals surface area contributed by atoms with E-state index in [1.165, 1.54) is 19.4 Å². The molecule has 1 fully saturated rings. The van der Waals surface area contributed by atoms with Gasteiger partial charge in [0, 0.05) is 25.3 Å². The lowest BCUT2D eigenvalue weighted by molar-refractivity contribution is 0.314. The molecule has 20 heavy (non-hydrogen) atoms. The van der Waals surface area contributed by atoms with Gasteiger partial charge in [-0.3, -0.25) is 10.4 Å². The summed E-state index contributed by atoms with van der Waals surface area (Å²) in [7, 11) is 4.26. The molecule has 0 saturated carbocycles. The Morgan fingerprint density at radius 3 is 2.80 bits per heavy atom. The number of amidine groups is 1. The van der Waals surface area contributed by atoms with Crippen LogP contribution in [0.4, 0.5) is 5.69 Å². The van der Waals surface area contributed by atoms with Crippen LogP contribution in [0.15, 0.2) is 6.07 Å². The predicted octanol–water partition coefficient (Wildman–Crippen LogP) is 1.51. The second kappa shape index (κ2) is 5.79. The Morgan fingerprint density at radius 2 is 2.25 bits per heavy atom. The Hall–Kier alpha value is -1.62. The predicted molar refractivity (Wildman–Crippen MR) is 83.6 cm³/mol. The number of likely N-dealkylation sites (N-methyl/N-ethyl adjacent to an activating group) is 2. The number of nitrogens with two attached hydrogens (primary N) is 1. The molecule has 1 saturated heterocycles. The number of pyridine rings is 1. The van der Waals surface area contributed by atoms with E-state index in [1.54, 1.807) is 0 Å². The maximum absolute atomic E-state index is 7.81. The quantitative estimate of drug-likeness (QED) is 0.645. The number of likely N-dealkylation sites (tertiary alicyclic amines) is 1. The zero-order chi connectivity index (χ0) is 14.9. The molecule has 1 unspecified atom stereocenters. The highest BCUT2D eigenvalue weighted by atomic mass is 15.2. The highest BCUT2D eigenvalue weighted by Gasteiger charge is 2.24. The minimum absolute atomic E-state index is 0.0941. The van der Waals surface area contributed by atoms with Gasteiger partial charge in [-0.05, 0) is 46.3 Å². The van der Waals surface area contributed by atoms with Crippen LogP contribution in [0.2, 0.25) is 0 Å². The van der Waals surface area contributed by atoms with E-state index in [1.807, 2.05) is 19.9 Å². The van der Waals surface area contributed by atoms with Gasteiger partial charge in [-0.15, -0.1) is 0 Å². The van der Waals surface area contributed by atoms with Crippen LogP contribution in [-0.4, -0.2) is 48.9 Å². The number of aromatic nitrogens is 1. The lowest BCUT2D eigenvalue weighted by Crippen LogP contribution is -2.37. The fourth-order valence-electron chi connectivity index (χ4n) is 3.07. The number of nitrogens with zero attached hydrogens (tertiary/aromatic N) is 3. The summed E-state index contributed by atoms with van der Waals surface area (Å²) >= 11 is 0. The summed E-state index contributed by atoms with van der Waals surface area (Å²) in [6.07, 6.45) is 2.50. The summed E-state index contributed by atoms with van der Waals surface area (Å²) < 4.78 is 0. The molecule has 3 N–H and O–H groups in total. The highest BCUT2D eigenvalue weighted by Crippen LogP contribution is 2.25. The van der Waals surface area contributed by atoms with Gasteiger partial charge >= 0.3 is 0 Å². The van der Waals surface area contributed by atoms with Gasteiger partial charge in [0.2, 0.25) is 0 Å². The Labute approximate surface area is 121 Å². The number of aryl methyl sites for hydroxylation is 2. The lowest BCUT2D eigenvalue weighted by atomic mass is 10.1. The van der Waals surface area contributed by atoms with Gasteiger partial charge in [0.1, 0.15) is 5.84 Å². The third-order valence-electron chi connectivity index (χ3n) is 4.14. The van der Waals surface area contributed by atoms with E-state index in [2.05, 4.69) is 28.9 Å². The van der Waals surface area contributed by atoms with Crippen LogP contribution in [0, 0.1) is 19.3 Å². The molecule has 0 aliphatic carbocycles. The maximum Gasteiger partial charge on any atom is 0.126 e. The van der Waals surface area contributed by atoms with Gasteiger partial charge in [-0.25, -0.2) is 0 Å². The van der Waals surface area contributed by atoms with Gasteiger partial charge < -0.3 is 15.5 Å². The van der Waals surface area contributed by atoms with E-state index >= 15 is 0 Å². The van der Waals surface area contributed by atoms with Crippen LogP contribution in [-0.2, 0) is 0 Å². The number of nitrogen functional groups attached to an aromatic ring is 1. The smallest absolute Gasteiger partial charge is 0.126 e. The molecule has 0 bridgehead atoms. The summed E-state index contributed by atoms with van der Waals surface area (Å²) in [5, 5.41) is 7.81. The van der Waals surface area contributed by atoms with Crippen LogP contribution >= 0.6 is 0 Å². The van der Waals surface area contributed by atoms with Crippen molar-refractivity contribution in [1.82, 2.24) is 9.88 Å². The van der Waals surface area contributed by atoms with Gasteiger partial charge in [0.25, 0.3) is 0 Å². The fourth-order valence-corrected chi connectivity index (χ4v) is 3.07. The van der Waals surface area contributed by atoms with E-state index in [9.17, 15) is 0 Å². The zero-order valence-electron chi connectivity index (χ0n) is 12.9. The van der Waals surface area contributed by atoms with Crippen LogP contribution in [0.3, 0.4) is 0 Å². The van der Waals surface area contributed by atoms with Crippen LogP contribution in [0.1, 0.15) is 29.8 Å². The molecule has 1 atom stereocenters. The summed E-state index contributed by atoms with van der Waals surface area (Å²) in [6, 6.07) is 2.60. The second-order valence-corrected chi connectivity index (χ2v) is 5.81. The third-order valence-corrected chi connectivity index (χ3v) is 4.14. The standard InChI is InChI=1S/C15H25N5/c1-10-8-13(14(15(16)17)11(2)18-10)20(4)9-12-6-5-7-19(12)3/h8,12H,5-7,9H2,1-4H3,(H3,16,17). The number of nitrogens with one attached hydrogen (secondary N) is 1. The molecule has 1 aliphatic rings. The molecule has 5 nitrogen and oxygen atoms in total. The van der Waals surface area contributed by atoms with Crippen LogP contribution in [0.5, 0.6) is 0 Å². The van der Waals surface area contributed by atoms with Crippen molar-refractivity contribution in [3.63, 3.8) is 0 Å². The Kier molecular flexibility index (Phi) is 4.28. The van der Waals surface area contributed by atoms with Crippen molar-refractivity contribution in [2.75, 3.05) is 32.1 Å². The first-order valence-corrected chi connectivity index (χ1v) is 7.14. The van der Waals surface area contributed by atoms with Gasteiger partial charge in [-0.2, -0.15) is 0 Å². The first kappa shape index (κ1) is 14.8. The second-order valence-electron chi connectivity index (χ2n) is 5.81. The number of hydrogen-bond acceptors (Lipinski definition) is 4. The Balaban J connectivity index is 2.28. The van der Waals surface area contributed by atoms with Crippen molar-refractivity contribution >= 4 is 11.5 Å². The summed E-state index contributed by atoms with van der Waals surface area (Å²) in [5.74, 6) is 0.0941. The van der Waals surface area contributed by atoms with Gasteiger partial charge in [-0.1, -0.05) is 0 Å². The first-order valence-electron chi connectivity index (χ1n) is 7.14. The molecule has 1 aliphatic heterocycles. The Bertz CT molecular complexity index is 511.